The van der Waals surface area contributed by atoms with Crippen molar-refractivity contribution in [2.45, 2.75) is 20.3 Å². The van der Waals surface area contributed by atoms with Gasteiger partial charge in [0.25, 0.3) is 0 Å². The second-order valence-electron chi connectivity index (χ2n) is 8.56. The highest BCUT2D eigenvalue weighted by Gasteiger charge is 2.26. The predicted octanol–water partition coefficient (Wildman–Crippen LogP) is 4.15. The van der Waals surface area contributed by atoms with Crippen molar-refractivity contribution in [1.29, 1.82) is 0 Å². The van der Waals surface area contributed by atoms with Crippen LogP contribution >= 0.6 is 0 Å². The molecule has 1 aromatic heterocycles. The van der Waals surface area contributed by atoms with Gasteiger partial charge in [0.1, 0.15) is 5.82 Å². The van der Waals surface area contributed by atoms with Gasteiger partial charge in [-0.25, -0.2) is 14.8 Å². The summed E-state index contributed by atoms with van der Waals surface area (Å²) in [7, 11) is 3.60. The van der Waals surface area contributed by atoms with Crippen LogP contribution in [0.15, 0.2) is 54.6 Å². The number of aryl methyl sites for hydroxylation is 2. The Balaban J connectivity index is 1.70. The van der Waals surface area contributed by atoms with Crippen LogP contribution in [0.1, 0.15) is 22.4 Å². The van der Waals surface area contributed by atoms with Crippen LogP contribution in [-0.2, 0) is 6.42 Å². The Hall–Kier alpha value is -3.41. The first-order valence-corrected chi connectivity index (χ1v) is 11.1. The topological polar surface area (TPSA) is 52.6 Å². The SMILES string of the molecule is Cc1ccccc1Cc1c(C)nc(-c2ccccc2)nc1N1CCN(C(=O)N(C)C)CC1. The third-order valence-electron chi connectivity index (χ3n) is 6.08. The van der Waals surface area contributed by atoms with Crippen LogP contribution in [0, 0.1) is 13.8 Å². The molecule has 0 aliphatic carbocycles. The van der Waals surface area contributed by atoms with Crippen LogP contribution in [0.2, 0.25) is 0 Å². The first kappa shape index (κ1) is 21.8. The lowest BCUT2D eigenvalue weighted by Crippen LogP contribution is -2.52. The molecule has 3 aromatic rings. The zero-order valence-electron chi connectivity index (χ0n) is 19.4. The van der Waals surface area contributed by atoms with Crippen molar-refractivity contribution in [2.24, 2.45) is 0 Å². The smallest absolute Gasteiger partial charge is 0.319 e. The van der Waals surface area contributed by atoms with Gasteiger partial charge in [0, 0.05) is 63.5 Å². The molecular formula is C26H31N5O. The van der Waals surface area contributed by atoms with Crippen molar-refractivity contribution in [3.63, 3.8) is 0 Å². The molecule has 0 saturated carbocycles. The number of nitrogens with zero attached hydrogens (tertiary/aromatic N) is 5. The van der Waals surface area contributed by atoms with Crippen molar-refractivity contribution < 1.29 is 4.79 Å². The van der Waals surface area contributed by atoms with E-state index >= 15 is 0 Å². The molecule has 1 aliphatic rings. The Labute approximate surface area is 190 Å². The molecule has 32 heavy (non-hydrogen) atoms. The first-order chi connectivity index (χ1) is 15.4. The molecule has 0 N–H and O–H groups in total. The number of anilines is 1. The zero-order chi connectivity index (χ0) is 22.7. The number of hydrogen-bond donors (Lipinski definition) is 0. The van der Waals surface area contributed by atoms with Crippen molar-refractivity contribution in [3.05, 3.63) is 77.0 Å². The minimum atomic E-state index is 0.0635. The third-order valence-corrected chi connectivity index (χ3v) is 6.08. The summed E-state index contributed by atoms with van der Waals surface area (Å²) in [5.41, 5.74) is 5.73. The number of rotatable bonds is 4. The van der Waals surface area contributed by atoms with Crippen LogP contribution in [0.25, 0.3) is 11.4 Å². The number of piperazine rings is 1. The average molecular weight is 430 g/mol. The lowest BCUT2D eigenvalue weighted by molar-refractivity contribution is 0.168. The number of benzene rings is 2. The predicted molar refractivity (Wildman–Crippen MR) is 129 cm³/mol. The fraction of sp³-hybridized carbons (Fsp3) is 0.346. The molecular weight excluding hydrogens is 398 g/mol. The molecule has 1 fully saturated rings. The summed E-state index contributed by atoms with van der Waals surface area (Å²) in [6.07, 6.45) is 0.791. The van der Waals surface area contributed by atoms with Crippen molar-refractivity contribution in [3.8, 4) is 11.4 Å². The molecule has 0 atom stereocenters. The maximum absolute atomic E-state index is 12.4. The maximum atomic E-state index is 12.4. The molecule has 1 saturated heterocycles. The molecule has 0 radical (unpaired) electrons. The van der Waals surface area contributed by atoms with Crippen LogP contribution < -0.4 is 4.90 Å². The lowest BCUT2D eigenvalue weighted by Gasteiger charge is -2.37. The van der Waals surface area contributed by atoms with E-state index in [9.17, 15) is 4.79 Å². The minimum absolute atomic E-state index is 0.0635. The summed E-state index contributed by atoms with van der Waals surface area (Å²) < 4.78 is 0. The van der Waals surface area contributed by atoms with Crippen LogP contribution in [0.4, 0.5) is 10.6 Å². The van der Waals surface area contributed by atoms with Crippen LogP contribution in [-0.4, -0.2) is 66.1 Å². The largest absolute Gasteiger partial charge is 0.353 e. The van der Waals surface area contributed by atoms with Gasteiger partial charge in [0.15, 0.2) is 5.82 Å². The molecule has 6 nitrogen and oxygen atoms in total. The maximum Gasteiger partial charge on any atom is 0.319 e. The Bertz CT molecular complexity index is 1090. The zero-order valence-corrected chi connectivity index (χ0v) is 19.4. The summed E-state index contributed by atoms with van der Waals surface area (Å²) >= 11 is 0. The molecule has 0 unspecified atom stereocenters. The Kier molecular flexibility index (Phi) is 6.40. The summed E-state index contributed by atoms with van der Waals surface area (Å²) in [4.78, 5) is 28.2. The first-order valence-electron chi connectivity index (χ1n) is 11.1. The van der Waals surface area contributed by atoms with Gasteiger partial charge in [-0.1, -0.05) is 54.6 Å². The number of hydrogen-bond acceptors (Lipinski definition) is 4. The van der Waals surface area contributed by atoms with E-state index in [1.165, 1.54) is 11.1 Å². The van der Waals surface area contributed by atoms with E-state index < -0.39 is 0 Å². The van der Waals surface area contributed by atoms with Gasteiger partial charge in [-0.15, -0.1) is 0 Å². The highest BCUT2D eigenvalue weighted by molar-refractivity contribution is 5.74. The van der Waals surface area contributed by atoms with E-state index in [0.29, 0.717) is 13.1 Å². The molecule has 1 aliphatic heterocycles. The van der Waals surface area contributed by atoms with E-state index in [1.54, 1.807) is 19.0 Å². The van der Waals surface area contributed by atoms with Crippen molar-refractivity contribution >= 4 is 11.8 Å². The number of amides is 2. The number of carbonyl (C=O) groups is 1. The summed E-state index contributed by atoms with van der Waals surface area (Å²) in [5, 5.41) is 0. The van der Waals surface area contributed by atoms with E-state index in [4.69, 9.17) is 9.97 Å². The fourth-order valence-corrected chi connectivity index (χ4v) is 4.16. The van der Waals surface area contributed by atoms with E-state index in [1.807, 2.05) is 35.2 Å². The average Bonchev–Trinajstić information content (AvgIpc) is 2.81. The minimum Gasteiger partial charge on any atom is -0.353 e. The second-order valence-corrected chi connectivity index (χ2v) is 8.56. The Morgan fingerprint density at radius 2 is 1.56 bits per heavy atom. The normalized spacial score (nSPS) is 13.9. The quantitative estimate of drug-likeness (QED) is 0.625. The van der Waals surface area contributed by atoms with Gasteiger partial charge in [0.05, 0.1) is 0 Å². The van der Waals surface area contributed by atoms with E-state index in [0.717, 1.165) is 48.0 Å². The number of carbonyl (C=O) groups excluding carboxylic acids is 1. The van der Waals surface area contributed by atoms with E-state index in [2.05, 4.69) is 43.0 Å². The molecule has 2 amide bonds. The second kappa shape index (κ2) is 9.39. The molecule has 2 aromatic carbocycles. The van der Waals surface area contributed by atoms with Crippen LogP contribution in [0.5, 0.6) is 0 Å². The van der Waals surface area contributed by atoms with Gasteiger partial charge >= 0.3 is 6.03 Å². The van der Waals surface area contributed by atoms with Crippen molar-refractivity contribution in [1.82, 2.24) is 19.8 Å². The monoisotopic (exact) mass is 429 g/mol. The highest BCUT2D eigenvalue weighted by Crippen LogP contribution is 2.29. The highest BCUT2D eigenvalue weighted by atomic mass is 16.2. The molecule has 6 heteroatoms. The fourth-order valence-electron chi connectivity index (χ4n) is 4.16. The molecule has 0 bridgehead atoms. The van der Waals surface area contributed by atoms with Gasteiger partial charge in [-0.2, -0.15) is 0 Å². The van der Waals surface area contributed by atoms with Gasteiger partial charge < -0.3 is 14.7 Å². The summed E-state index contributed by atoms with van der Waals surface area (Å²) in [6.45, 7) is 7.11. The summed E-state index contributed by atoms with van der Waals surface area (Å²) in [6, 6.07) is 18.7. The third kappa shape index (κ3) is 4.59. The molecule has 166 valence electrons. The standard InChI is InChI=1S/C26H31N5O/c1-19-10-8-9-13-22(19)18-23-20(2)27-24(21-11-6-5-7-12-21)28-25(23)30-14-16-31(17-15-30)26(32)29(3)4/h5-13H,14-18H2,1-4H3. The van der Waals surface area contributed by atoms with E-state index in [-0.39, 0.29) is 6.03 Å². The van der Waals surface area contributed by atoms with Gasteiger partial charge in [-0.3, -0.25) is 0 Å². The van der Waals surface area contributed by atoms with Crippen LogP contribution in [0.3, 0.4) is 0 Å². The number of urea groups is 1. The van der Waals surface area contributed by atoms with Gasteiger partial charge in [-0.05, 0) is 25.0 Å². The molecule has 4 rings (SSSR count). The van der Waals surface area contributed by atoms with Gasteiger partial charge in [0.2, 0.25) is 0 Å². The lowest BCUT2D eigenvalue weighted by atomic mass is 9.99. The molecule has 2 heterocycles. The Morgan fingerprint density at radius 1 is 0.906 bits per heavy atom. The molecule has 0 spiro atoms. The summed E-state index contributed by atoms with van der Waals surface area (Å²) in [5.74, 6) is 1.73. The number of aromatic nitrogens is 2. The Morgan fingerprint density at radius 3 is 2.22 bits per heavy atom. The van der Waals surface area contributed by atoms with Crippen molar-refractivity contribution in [2.75, 3.05) is 45.2 Å².